The predicted molar refractivity (Wildman–Crippen MR) is 83.5 cm³/mol. The van der Waals surface area contributed by atoms with Crippen LogP contribution < -0.4 is 11.5 Å². The molecule has 112 valence electrons. The van der Waals surface area contributed by atoms with Crippen molar-refractivity contribution in [1.82, 2.24) is 10.1 Å². The van der Waals surface area contributed by atoms with Gasteiger partial charge in [-0.25, -0.2) is 0 Å². The summed E-state index contributed by atoms with van der Waals surface area (Å²) in [5, 5.41) is 4.16. The molecule has 1 aromatic carbocycles. The topological polar surface area (TPSA) is 91.0 Å². The zero-order valence-corrected chi connectivity index (χ0v) is 12.6. The van der Waals surface area contributed by atoms with Gasteiger partial charge in [0, 0.05) is 22.9 Å². The van der Waals surface area contributed by atoms with Gasteiger partial charge in [-0.15, -0.1) is 0 Å². The van der Waals surface area contributed by atoms with Crippen molar-refractivity contribution >= 4 is 11.4 Å². The normalized spacial score (nSPS) is 18.8. The van der Waals surface area contributed by atoms with Crippen LogP contribution in [-0.4, -0.2) is 10.1 Å². The molecule has 0 amide bonds. The quantitative estimate of drug-likeness (QED) is 0.823. The Hall–Kier alpha value is -2.04. The van der Waals surface area contributed by atoms with Crippen molar-refractivity contribution in [2.24, 2.45) is 5.41 Å². The lowest BCUT2D eigenvalue weighted by Crippen LogP contribution is -2.20. The zero-order valence-electron chi connectivity index (χ0n) is 12.6. The van der Waals surface area contributed by atoms with Gasteiger partial charge in [-0.3, -0.25) is 0 Å². The third-order valence-corrected chi connectivity index (χ3v) is 4.37. The summed E-state index contributed by atoms with van der Waals surface area (Å²) in [7, 11) is 0. The molecule has 21 heavy (non-hydrogen) atoms. The lowest BCUT2D eigenvalue weighted by atomic mass is 9.73. The summed E-state index contributed by atoms with van der Waals surface area (Å²) in [6.07, 6.45) is 4.63. The molecule has 0 bridgehead atoms. The molecule has 3 rings (SSSR count). The Bertz CT molecular complexity index is 617. The molecule has 0 spiro atoms. The van der Waals surface area contributed by atoms with Crippen LogP contribution in [-0.2, 0) is 0 Å². The summed E-state index contributed by atoms with van der Waals surface area (Å²) in [5.74, 6) is 1.70. The van der Waals surface area contributed by atoms with E-state index in [9.17, 15) is 0 Å². The Morgan fingerprint density at radius 1 is 1.10 bits per heavy atom. The molecule has 1 saturated carbocycles. The first kappa shape index (κ1) is 13.9. The first-order valence-corrected chi connectivity index (χ1v) is 7.43. The second-order valence-corrected chi connectivity index (χ2v) is 6.78. The molecule has 0 atom stereocenters. The highest BCUT2D eigenvalue weighted by atomic mass is 16.5. The van der Waals surface area contributed by atoms with E-state index >= 15 is 0 Å². The largest absolute Gasteiger partial charge is 0.399 e. The molecule has 0 radical (unpaired) electrons. The van der Waals surface area contributed by atoms with Crippen molar-refractivity contribution in [3.05, 3.63) is 24.0 Å². The zero-order chi connectivity index (χ0) is 15.0. The van der Waals surface area contributed by atoms with Gasteiger partial charge in [-0.2, -0.15) is 4.98 Å². The molecule has 1 heterocycles. The van der Waals surface area contributed by atoms with E-state index in [1.807, 2.05) is 0 Å². The van der Waals surface area contributed by atoms with Gasteiger partial charge < -0.3 is 16.0 Å². The summed E-state index contributed by atoms with van der Waals surface area (Å²) >= 11 is 0. The third-order valence-electron chi connectivity index (χ3n) is 4.37. The Balaban J connectivity index is 1.80. The Morgan fingerprint density at radius 2 is 1.71 bits per heavy atom. The molecule has 5 nitrogen and oxygen atoms in total. The molecule has 5 heteroatoms. The molecular formula is C16H22N4O. The van der Waals surface area contributed by atoms with Crippen LogP contribution in [0.1, 0.15) is 51.3 Å². The van der Waals surface area contributed by atoms with E-state index in [2.05, 4.69) is 24.0 Å². The Labute approximate surface area is 124 Å². The van der Waals surface area contributed by atoms with Gasteiger partial charge in [0.05, 0.1) is 0 Å². The first-order chi connectivity index (χ1) is 9.93. The van der Waals surface area contributed by atoms with E-state index in [0.717, 1.165) is 24.2 Å². The maximum Gasteiger partial charge on any atom is 0.258 e. The summed E-state index contributed by atoms with van der Waals surface area (Å²) in [4.78, 5) is 4.55. The fourth-order valence-corrected chi connectivity index (χ4v) is 2.98. The number of hydrogen-bond donors (Lipinski definition) is 2. The number of nitrogens with zero attached hydrogens (tertiary/aromatic N) is 2. The van der Waals surface area contributed by atoms with Crippen molar-refractivity contribution in [1.29, 1.82) is 0 Å². The maximum atomic E-state index is 5.81. The lowest BCUT2D eigenvalue weighted by Gasteiger charge is -2.32. The van der Waals surface area contributed by atoms with E-state index in [1.54, 1.807) is 18.2 Å². The van der Waals surface area contributed by atoms with E-state index in [1.165, 1.54) is 12.8 Å². The molecule has 2 aromatic rings. The summed E-state index contributed by atoms with van der Waals surface area (Å²) in [6, 6.07) is 5.32. The average Bonchev–Trinajstić information content (AvgIpc) is 2.87. The summed E-state index contributed by atoms with van der Waals surface area (Å²) in [6.45, 7) is 4.64. The number of anilines is 2. The fourth-order valence-electron chi connectivity index (χ4n) is 2.98. The second kappa shape index (κ2) is 5.06. The molecule has 1 aliphatic carbocycles. The second-order valence-electron chi connectivity index (χ2n) is 6.78. The van der Waals surface area contributed by atoms with Crippen LogP contribution in [0.2, 0.25) is 0 Å². The smallest absolute Gasteiger partial charge is 0.258 e. The van der Waals surface area contributed by atoms with Crippen LogP contribution in [0.4, 0.5) is 11.4 Å². The molecule has 4 N–H and O–H groups in total. The predicted octanol–water partition coefficient (Wildman–Crippen LogP) is 3.58. The number of aromatic nitrogens is 2. The fraction of sp³-hybridized carbons (Fsp3) is 0.500. The minimum Gasteiger partial charge on any atom is -0.399 e. The van der Waals surface area contributed by atoms with Crippen LogP contribution in [0.25, 0.3) is 11.5 Å². The highest BCUT2D eigenvalue weighted by Crippen LogP contribution is 2.41. The van der Waals surface area contributed by atoms with Crippen molar-refractivity contribution in [2.45, 2.75) is 45.4 Å². The van der Waals surface area contributed by atoms with Gasteiger partial charge >= 0.3 is 0 Å². The molecule has 0 unspecified atom stereocenters. The van der Waals surface area contributed by atoms with E-state index in [4.69, 9.17) is 16.0 Å². The van der Waals surface area contributed by atoms with Crippen LogP contribution in [0.3, 0.4) is 0 Å². The van der Waals surface area contributed by atoms with Crippen LogP contribution in [0, 0.1) is 5.41 Å². The Kier molecular flexibility index (Phi) is 3.35. The average molecular weight is 286 g/mol. The van der Waals surface area contributed by atoms with Crippen molar-refractivity contribution in [3.8, 4) is 11.5 Å². The first-order valence-electron chi connectivity index (χ1n) is 7.43. The molecule has 1 aromatic heterocycles. The van der Waals surface area contributed by atoms with E-state index in [-0.39, 0.29) is 0 Å². The van der Waals surface area contributed by atoms with Gasteiger partial charge in [0.15, 0.2) is 5.82 Å². The lowest BCUT2D eigenvalue weighted by molar-refractivity contribution is 0.218. The van der Waals surface area contributed by atoms with Crippen LogP contribution in [0.15, 0.2) is 22.7 Å². The van der Waals surface area contributed by atoms with Gasteiger partial charge in [0.1, 0.15) is 0 Å². The highest BCUT2D eigenvalue weighted by Gasteiger charge is 2.30. The summed E-state index contributed by atoms with van der Waals surface area (Å²) in [5.41, 5.74) is 14.0. The number of nitrogen functional groups attached to an aromatic ring is 2. The maximum absolute atomic E-state index is 5.81. The SMILES string of the molecule is CC1(C)CCC(c2noc(-c3cc(N)cc(N)c3)n2)CC1. The number of hydrogen-bond acceptors (Lipinski definition) is 5. The van der Waals surface area contributed by atoms with Gasteiger partial charge in [-0.05, 0) is 49.3 Å². The molecule has 0 aliphatic heterocycles. The van der Waals surface area contributed by atoms with Crippen molar-refractivity contribution in [2.75, 3.05) is 11.5 Å². The highest BCUT2D eigenvalue weighted by molar-refractivity contribution is 5.67. The number of benzene rings is 1. The van der Waals surface area contributed by atoms with Crippen molar-refractivity contribution < 1.29 is 4.52 Å². The van der Waals surface area contributed by atoms with Gasteiger partial charge in [-0.1, -0.05) is 19.0 Å². The Morgan fingerprint density at radius 3 is 2.33 bits per heavy atom. The monoisotopic (exact) mass is 286 g/mol. The van der Waals surface area contributed by atoms with Crippen LogP contribution >= 0.6 is 0 Å². The molecular weight excluding hydrogens is 264 g/mol. The minimum absolute atomic E-state index is 0.397. The van der Waals surface area contributed by atoms with Crippen LogP contribution in [0.5, 0.6) is 0 Å². The molecule has 1 aliphatic rings. The molecule has 0 saturated heterocycles. The standard InChI is InChI=1S/C16H22N4O/c1-16(2)5-3-10(4-6-16)14-19-15(21-20-14)11-7-12(17)9-13(18)8-11/h7-10H,3-6,17-18H2,1-2H3. The molecule has 1 fully saturated rings. The van der Waals surface area contributed by atoms with Crippen molar-refractivity contribution in [3.63, 3.8) is 0 Å². The van der Waals surface area contributed by atoms with Gasteiger partial charge in [0.2, 0.25) is 0 Å². The van der Waals surface area contributed by atoms with E-state index in [0.29, 0.717) is 28.6 Å². The number of rotatable bonds is 2. The minimum atomic E-state index is 0.397. The third kappa shape index (κ3) is 3.01. The summed E-state index contributed by atoms with van der Waals surface area (Å²) < 4.78 is 5.39. The van der Waals surface area contributed by atoms with Gasteiger partial charge in [0.25, 0.3) is 5.89 Å². The number of nitrogens with two attached hydrogens (primary N) is 2. The van der Waals surface area contributed by atoms with E-state index < -0.39 is 0 Å².